The smallest absolute Gasteiger partial charge is 0.225 e. The number of fused-ring (bicyclic) bond motifs is 1. The van der Waals surface area contributed by atoms with Crippen LogP contribution < -0.4 is 5.32 Å². The Morgan fingerprint density at radius 1 is 1.23 bits per heavy atom. The first-order valence-electron chi connectivity index (χ1n) is 8.48. The molecule has 1 aromatic carbocycles. The fourth-order valence-corrected chi connectivity index (χ4v) is 2.88. The lowest BCUT2D eigenvalue weighted by atomic mass is 10.1. The maximum atomic E-state index is 12.5. The van der Waals surface area contributed by atoms with Gasteiger partial charge in [-0.05, 0) is 42.8 Å². The largest absolute Gasteiger partial charge is 0.379 e. The minimum Gasteiger partial charge on any atom is -0.379 e. The molecule has 5 nitrogen and oxygen atoms in total. The van der Waals surface area contributed by atoms with Gasteiger partial charge < -0.3 is 10.1 Å². The number of hydrogen-bond donors (Lipinski definition) is 1. The van der Waals surface area contributed by atoms with Crippen molar-refractivity contribution >= 4 is 28.4 Å². The van der Waals surface area contributed by atoms with Gasteiger partial charge in [0.25, 0.3) is 0 Å². The Balaban J connectivity index is 1.71. The molecule has 26 heavy (non-hydrogen) atoms. The highest BCUT2D eigenvalue weighted by Crippen LogP contribution is 2.19. The molecule has 2 aromatic heterocycles. The highest BCUT2D eigenvalue weighted by atomic mass is 35.5. The van der Waals surface area contributed by atoms with Crippen molar-refractivity contribution in [3.63, 3.8) is 0 Å². The third-order valence-corrected chi connectivity index (χ3v) is 4.15. The van der Waals surface area contributed by atoms with Crippen LogP contribution in [-0.2, 0) is 16.0 Å². The Bertz CT molecular complexity index is 887. The molecule has 1 unspecified atom stereocenters. The Kier molecular flexibility index (Phi) is 6.15. The van der Waals surface area contributed by atoms with E-state index in [9.17, 15) is 4.79 Å². The van der Waals surface area contributed by atoms with E-state index in [0.717, 1.165) is 22.2 Å². The number of amides is 1. The van der Waals surface area contributed by atoms with Crippen molar-refractivity contribution in [2.45, 2.75) is 19.4 Å². The average molecular weight is 370 g/mol. The van der Waals surface area contributed by atoms with Crippen molar-refractivity contribution in [2.24, 2.45) is 0 Å². The van der Waals surface area contributed by atoms with Crippen LogP contribution in [0.3, 0.4) is 0 Å². The average Bonchev–Trinajstić information content (AvgIpc) is 2.65. The molecule has 0 saturated heterocycles. The second-order valence-corrected chi connectivity index (χ2v) is 6.33. The number of carbonyl (C=O) groups is 1. The summed E-state index contributed by atoms with van der Waals surface area (Å²) >= 11 is 6.00. The van der Waals surface area contributed by atoms with Crippen LogP contribution in [0.4, 0.5) is 0 Å². The van der Waals surface area contributed by atoms with Crippen molar-refractivity contribution in [1.29, 1.82) is 0 Å². The van der Waals surface area contributed by atoms with E-state index in [0.29, 0.717) is 18.2 Å². The van der Waals surface area contributed by atoms with Gasteiger partial charge in [0.05, 0.1) is 35.3 Å². The SMILES string of the molecule is CCOCC(NC(=O)Cc1ccc2ncc(Cl)cc2c1)c1ccccn1. The van der Waals surface area contributed by atoms with Gasteiger partial charge in [-0.25, -0.2) is 0 Å². The highest BCUT2D eigenvalue weighted by molar-refractivity contribution is 6.31. The van der Waals surface area contributed by atoms with Crippen LogP contribution in [-0.4, -0.2) is 29.1 Å². The molecule has 3 rings (SSSR count). The Morgan fingerprint density at radius 3 is 2.88 bits per heavy atom. The predicted molar refractivity (Wildman–Crippen MR) is 102 cm³/mol. The van der Waals surface area contributed by atoms with Crippen LogP contribution in [0.5, 0.6) is 0 Å². The van der Waals surface area contributed by atoms with Crippen molar-refractivity contribution in [3.05, 3.63) is 71.1 Å². The standard InChI is InChI=1S/C20H20ClN3O2/c1-2-26-13-19(18-5-3-4-8-22-18)24-20(25)10-14-6-7-17-15(9-14)11-16(21)12-23-17/h3-9,11-12,19H,2,10,13H2,1H3,(H,24,25). The minimum absolute atomic E-state index is 0.0882. The van der Waals surface area contributed by atoms with Crippen LogP contribution in [0.15, 0.2) is 54.9 Å². The molecular weight excluding hydrogens is 350 g/mol. The Morgan fingerprint density at radius 2 is 2.12 bits per heavy atom. The number of ether oxygens (including phenoxy) is 1. The lowest BCUT2D eigenvalue weighted by molar-refractivity contribution is -0.121. The summed E-state index contributed by atoms with van der Waals surface area (Å²) < 4.78 is 5.49. The van der Waals surface area contributed by atoms with Gasteiger partial charge >= 0.3 is 0 Å². The quantitative estimate of drug-likeness (QED) is 0.689. The summed E-state index contributed by atoms with van der Waals surface area (Å²) in [6.45, 7) is 2.89. The monoisotopic (exact) mass is 369 g/mol. The first kappa shape index (κ1) is 18.3. The lowest BCUT2D eigenvalue weighted by Crippen LogP contribution is -2.33. The molecule has 1 amide bonds. The summed E-state index contributed by atoms with van der Waals surface area (Å²) in [6, 6.07) is 12.9. The fourth-order valence-electron chi connectivity index (χ4n) is 2.71. The molecule has 0 saturated carbocycles. The van der Waals surface area contributed by atoms with Crippen LogP contribution in [0.1, 0.15) is 24.2 Å². The molecule has 0 aliphatic heterocycles. The zero-order valence-electron chi connectivity index (χ0n) is 14.5. The fraction of sp³-hybridized carbons (Fsp3) is 0.250. The van der Waals surface area contributed by atoms with E-state index in [1.54, 1.807) is 12.4 Å². The first-order chi connectivity index (χ1) is 12.7. The van der Waals surface area contributed by atoms with Gasteiger partial charge in [0.2, 0.25) is 5.91 Å². The van der Waals surface area contributed by atoms with Crippen molar-refractivity contribution < 1.29 is 9.53 Å². The summed E-state index contributed by atoms with van der Waals surface area (Å²) in [6.07, 6.45) is 3.58. The maximum Gasteiger partial charge on any atom is 0.225 e. The number of rotatable bonds is 7. The molecule has 2 heterocycles. The molecule has 1 N–H and O–H groups in total. The third-order valence-electron chi connectivity index (χ3n) is 3.95. The molecule has 0 aliphatic rings. The zero-order chi connectivity index (χ0) is 18.4. The van der Waals surface area contributed by atoms with E-state index >= 15 is 0 Å². The molecule has 0 radical (unpaired) electrons. The second kappa shape index (κ2) is 8.74. The van der Waals surface area contributed by atoms with Crippen molar-refractivity contribution in [2.75, 3.05) is 13.2 Å². The number of hydrogen-bond acceptors (Lipinski definition) is 4. The normalized spacial score (nSPS) is 12.1. The first-order valence-corrected chi connectivity index (χ1v) is 8.85. The molecule has 0 fully saturated rings. The predicted octanol–water partition coefficient (Wildman–Crippen LogP) is 3.72. The van der Waals surface area contributed by atoms with Gasteiger partial charge in [-0.3, -0.25) is 14.8 Å². The number of pyridine rings is 2. The molecule has 3 aromatic rings. The van der Waals surface area contributed by atoms with E-state index in [-0.39, 0.29) is 18.4 Å². The molecule has 0 bridgehead atoms. The second-order valence-electron chi connectivity index (χ2n) is 5.89. The number of benzene rings is 1. The Hall–Kier alpha value is -2.50. The lowest BCUT2D eigenvalue weighted by Gasteiger charge is -2.18. The maximum absolute atomic E-state index is 12.5. The third kappa shape index (κ3) is 4.77. The van der Waals surface area contributed by atoms with Crippen LogP contribution >= 0.6 is 11.6 Å². The van der Waals surface area contributed by atoms with E-state index in [1.807, 2.05) is 49.4 Å². The minimum atomic E-state index is -0.278. The molecule has 6 heteroatoms. The topological polar surface area (TPSA) is 64.1 Å². The summed E-state index contributed by atoms with van der Waals surface area (Å²) in [4.78, 5) is 21.1. The van der Waals surface area contributed by atoms with E-state index < -0.39 is 0 Å². The van der Waals surface area contributed by atoms with Gasteiger partial charge in [0.1, 0.15) is 0 Å². The highest BCUT2D eigenvalue weighted by Gasteiger charge is 2.16. The number of carbonyl (C=O) groups excluding carboxylic acids is 1. The summed E-state index contributed by atoms with van der Waals surface area (Å²) in [5.74, 6) is -0.0882. The number of halogens is 1. The summed E-state index contributed by atoms with van der Waals surface area (Å²) in [7, 11) is 0. The van der Waals surface area contributed by atoms with Crippen molar-refractivity contribution in [3.8, 4) is 0 Å². The molecular formula is C20H20ClN3O2. The van der Waals surface area contributed by atoms with Gasteiger partial charge in [-0.2, -0.15) is 0 Å². The van der Waals surface area contributed by atoms with Gasteiger partial charge in [0.15, 0.2) is 0 Å². The number of aromatic nitrogens is 2. The number of nitrogens with one attached hydrogen (secondary N) is 1. The van der Waals surface area contributed by atoms with Gasteiger partial charge in [-0.1, -0.05) is 23.7 Å². The van der Waals surface area contributed by atoms with Gasteiger partial charge in [0, 0.05) is 24.4 Å². The van der Waals surface area contributed by atoms with Crippen LogP contribution in [0.25, 0.3) is 10.9 Å². The Labute approximate surface area is 157 Å². The van der Waals surface area contributed by atoms with E-state index in [4.69, 9.17) is 16.3 Å². The van der Waals surface area contributed by atoms with Gasteiger partial charge in [-0.15, -0.1) is 0 Å². The molecule has 0 spiro atoms. The van der Waals surface area contributed by atoms with E-state index in [2.05, 4.69) is 15.3 Å². The van der Waals surface area contributed by atoms with E-state index in [1.165, 1.54) is 0 Å². The van der Waals surface area contributed by atoms with Crippen LogP contribution in [0, 0.1) is 0 Å². The molecule has 1 atom stereocenters. The summed E-state index contributed by atoms with van der Waals surface area (Å²) in [5.41, 5.74) is 2.53. The zero-order valence-corrected chi connectivity index (χ0v) is 15.2. The van der Waals surface area contributed by atoms with Crippen LogP contribution in [0.2, 0.25) is 5.02 Å². The summed E-state index contributed by atoms with van der Waals surface area (Å²) in [5, 5.41) is 4.50. The number of nitrogens with zero attached hydrogens (tertiary/aromatic N) is 2. The van der Waals surface area contributed by atoms with Crippen molar-refractivity contribution in [1.82, 2.24) is 15.3 Å². The molecule has 0 aliphatic carbocycles. The molecule has 134 valence electrons.